The third-order valence-electron chi connectivity index (χ3n) is 8.98. The molecule has 0 aliphatic heterocycles. The van der Waals surface area contributed by atoms with Crippen LogP contribution in [0.2, 0.25) is 0 Å². The highest BCUT2D eigenvalue weighted by atomic mass is 15.0. The van der Waals surface area contributed by atoms with Gasteiger partial charge in [0.25, 0.3) is 0 Å². The molecule has 9 rings (SSSR count). The molecule has 5 aromatic carbocycles. The number of benzene rings is 5. The second-order valence-electron chi connectivity index (χ2n) is 11.9. The maximum atomic E-state index is 5.01. The zero-order valence-corrected chi connectivity index (χ0v) is 26.6. The number of nitrogens with one attached hydrogen (secondary N) is 1. The Balaban J connectivity index is 1.37. The van der Waals surface area contributed by atoms with Crippen LogP contribution in [0.15, 0.2) is 152 Å². The summed E-state index contributed by atoms with van der Waals surface area (Å²) in [6, 6.07) is 41.3. The van der Waals surface area contributed by atoms with Crippen molar-refractivity contribution in [2.75, 3.05) is 0 Å². The molecule has 9 aromatic rings. The molecule has 0 amide bonds. The number of aromatic nitrogens is 7. The zero-order chi connectivity index (χ0) is 32.7. The van der Waals surface area contributed by atoms with Gasteiger partial charge in [0.1, 0.15) is 0 Å². The van der Waals surface area contributed by atoms with Crippen molar-refractivity contribution in [3.63, 3.8) is 0 Å². The van der Waals surface area contributed by atoms with Gasteiger partial charge in [0.15, 0.2) is 17.5 Å². The first-order valence-electron chi connectivity index (χ1n) is 16.2. The lowest BCUT2D eigenvalue weighted by Crippen LogP contribution is -2.01. The third kappa shape index (κ3) is 4.87. The summed E-state index contributed by atoms with van der Waals surface area (Å²) in [7, 11) is 0. The molecule has 0 aliphatic carbocycles. The minimum Gasteiger partial charge on any atom is -0.358 e. The molecule has 232 valence electrons. The van der Waals surface area contributed by atoms with E-state index in [2.05, 4.69) is 87.1 Å². The van der Waals surface area contributed by atoms with Crippen molar-refractivity contribution in [1.82, 2.24) is 34.5 Å². The van der Waals surface area contributed by atoms with Crippen LogP contribution in [0.25, 0.3) is 83.3 Å². The Morgan fingerprint density at radius 1 is 0.531 bits per heavy atom. The molecule has 0 spiro atoms. The van der Waals surface area contributed by atoms with E-state index in [0.29, 0.717) is 17.5 Å². The van der Waals surface area contributed by atoms with E-state index < -0.39 is 0 Å². The van der Waals surface area contributed by atoms with Crippen molar-refractivity contribution < 1.29 is 0 Å². The number of H-pyrrole nitrogens is 1. The number of fused-ring (bicyclic) bond motifs is 8. The molecule has 7 nitrogen and oxygen atoms in total. The van der Waals surface area contributed by atoms with Crippen molar-refractivity contribution >= 4 is 43.5 Å². The van der Waals surface area contributed by atoms with Crippen molar-refractivity contribution in [1.29, 1.82) is 0 Å². The van der Waals surface area contributed by atoms with E-state index in [1.54, 1.807) is 6.20 Å². The highest BCUT2D eigenvalue weighted by Crippen LogP contribution is 2.42. The van der Waals surface area contributed by atoms with E-state index >= 15 is 0 Å². The van der Waals surface area contributed by atoms with Crippen LogP contribution >= 0.6 is 0 Å². The van der Waals surface area contributed by atoms with Crippen LogP contribution in [0, 0.1) is 6.92 Å². The summed E-state index contributed by atoms with van der Waals surface area (Å²) in [5.74, 6) is 1.85. The predicted octanol–water partition coefficient (Wildman–Crippen LogP) is 9.83. The van der Waals surface area contributed by atoms with Crippen molar-refractivity contribution in [3.8, 4) is 39.9 Å². The SMILES string of the molecule is Cc1ccncc[nH]c2c1c1ccccc1c1c3ccncc3n(-c3cccc(-c4nc(-c5ccccc5)nc(-c5ccccc5)n4)c3)c21. The minimum absolute atomic E-state index is 0.600. The van der Waals surface area contributed by atoms with E-state index in [9.17, 15) is 0 Å². The topological polar surface area (TPSA) is 85.2 Å². The van der Waals surface area contributed by atoms with Crippen LogP contribution in [-0.2, 0) is 0 Å². The van der Waals surface area contributed by atoms with Gasteiger partial charge < -0.3 is 9.55 Å². The first-order chi connectivity index (χ1) is 24.2. The molecule has 0 fully saturated rings. The highest BCUT2D eigenvalue weighted by molar-refractivity contribution is 6.31. The van der Waals surface area contributed by atoms with Gasteiger partial charge in [-0.2, -0.15) is 0 Å². The molecule has 0 radical (unpaired) electrons. The Morgan fingerprint density at radius 3 is 1.86 bits per heavy atom. The number of hydrogen-bond acceptors (Lipinski definition) is 5. The molecule has 0 atom stereocenters. The maximum absolute atomic E-state index is 5.01. The Bertz CT molecular complexity index is 2670. The first kappa shape index (κ1) is 28.5. The summed E-state index contributed by atoms with van der Waals surface area (Å²) in [5, 5.41) is 5.76. The van der Waals surface area contributed by atoms with E-state index in [1.165, 1.54) is 10.8 Å². The van der Waals surface area contributed by atoms with Crippen LogP contribution in [0.1, 0.15) is 5.56 Å². The van der Waals surface area contributed by atoms with Gasteiger partial charge in [0.05, 0.1) is 22.7 Å². The summed E-state index contributed by atoms with van der Waals surface area (Å²) < 4.78 is 2.30. The smallest absolute Gasteiger partial charge is 0.164 e. The normalized spacial score (nSPS) is 11.4. The average molecular weight is 632 g/mol. The molecular weight excluding hydrogens is 603 g/mol. The van der Waals surface area contributed by atoms with E-state index in [4.69, 9.17) is 15.0 Å². The summed E-state index contributed by atoms with van der Waals surface area (Å²) in [5.41, 5.74) is 7.88. The fraction of sp³-hybridized carbons (Fsp3) is 0.0238. The Hall–Kier alpha value is -6.73. The lowest BCUT2D eigenvalue weighted by molar-refractivity contribution is 1.07. The summed E-state index contributed by atoms with van der Waals surface area (Å²) in [6.07, 6.45) is 9.33. The molecule has 0 unspecified atom stereocenters. The zero-order valence-electron chi connectivity index (χ0n) is 26.6. The molecule has 0 aliphatic rings. The second-order valence-corrected chi connectivity index (χ2v) is 11.9. The van der Waals surface area contributed by atoms with Crippen LogP contribution in [-0.4, -0.2) is 34.5 Å². The fourth-order valence-electron chi connectivity index (χ4n) is 6.81. The first-order valence-corrected chi connectivity index (χ1v) is 16.2. The number of hydrogen-bond donors (Lipinski definition) is 1. The fourth-order valence-corrected chi connectivity index (χ4v) is 6.81. The number of nitrogens with zero attached hydrogens (tertiary/aromatic N) is 6. The number of aryl methyl sites for hydroxylation is 1. The van der Waals surface area contributed by atoms with Crippen LogP contribution in [0.3, 0.4) is 0 Å². The molecule has 0 saturated heterocycles. The lowest BCUT2D eigenvalue weighted by Gasteiger charge is -2.13. The monoisotopic (exact) mass is 631 g/mol. The van der Waals surface area contributed by atoms with E-state index in [1.807, 2.05) is 85.5 Å². The van der Waals surface area contributed by atoms with Gasteiger partial charge in [-0.3, -0.25) is 9.97 Å². The van der Waals surface area contributed by atoms with Crippen molar-refractivity contribution in [2.24, 2.45) is 0 Å². The molecule has 4 aromatic heterocycles. The van der Waals surface area contributed by atoms with Gasteiger partial charge in [-0.1, -0.05) is 97.1 Å². The Labute approximate surface area is 282 Å². The van der Waals surface area contributed by atoms with Crippen molar-refractivity contribution in [2.45, 2.75) is 6.92 Å². The van der Waals surface area contributed by atoms with Gasteiger partial charge in [-0.25, -0.2) is 15.0 Å². The van der Waals surface area contributed by atoms with Gasteiger partial charge in [0.2, 0.25) is 0 Å². The Morgan fingerprint density at radius 2 is 1.14 bits per heavy atom. The largest absolute Gasteiger partial charge is 0.358 e. The molecule has 49 heavy (non-hydrogen) atoms. The standard InChI is InChI=1S/C42H29N7/c1-27-19-21-43-23-24-45-38-36(27)32-17-8-9-18-33(32)37-34-20-22-44-26-35(34)49(39(37)38)31-16-10-15-30(25-31)42-47-40(28-11-4-2-5-12-28)46-41(48-42)29-13-6-3-7-14-29/h2-26,45H,1H3. The van der Waals surface area contributed by atoms with E-state index in [0.717, 1.165) is 60.6 Å². The lowest BCUT2D eigenvalue weighted by atomic mass is 9.98. The van der Waals surface area contributed by atoms with Gasteiger partial charge in [0, 0.05) is 63.3 Å². The van der Waals surface area contributed by atoms with Crippen LogP contribution < -0.4 is 0 Å². The molecule has 0 saturated carbocycles. The number of aromatic amines is 1. The van der Waals surface area contributed by atoms with Crippen LogP contribution in [0.4, 0.5) is 0 Å². The van der Waals surface area contributed by atoms with Crippen molar-refractivity contribution in [3.05, 3.63) is 158 Å². The molecule has 0 bridgehead atoms. The van der Waals surface area contributed by atoms with Crippen LogP contribution in [0.5, 0.6) is 0 Å². The van der Waals surface area contributed by atoms with E-state index in [-0.39, 0.29) is 0 Å². The quantitative estimate of drug-likeness (QED) is 0.209. The second kappa shape index (κ2) is 11.8. The summed E-state index contributed by atoms with van der Waals surface area (Å²) in [4.78, 5) is 27.6. The molecule has 7 heteroatoms. The van der Waals surface area contributed by atoms with Gasteiger partial charge in [-0.15, -0.1) is 0 Å². The summed E-state index contributed by atoms with van der Waals surface area (Å²) >= 11 is 0. The highest BCUT2D eigenvalue weighted by Gasteiger charge is 2.20. The maximum Gasteiger partial charge on any atom is 0.164 e. The molecule has 4 heterocycles. The third-order valence-corrected chi connectivity index (χ3v) is 8.98. The molecular formula is C42H29N7. The van der Waals surface area contributed by atoms with Gasteiger partial charge >= 0.3 is 0 Å². The number of pyridine rings is 1. The predicted molar refractivity (Wildman–Crippen MR) is 198 cm³/mol. The molecule has 1 N–H and O–H groups in total. The average Bonchev–Trinajstić information content (AvgIpc) is 3.55. The number of rotatable bonds is 4. The Kier molecular flexibility index (Phi) is 6.87. The minimum atomic E-state index is 0.600. The van der Waals surface area contributed by atoms with Gasteiger partial charge in [-0.05, 0) is 47.5 Å². The summed E-state index contributed by atoms with van der Waals surface area (Å²) in [6.45, 7) is 2.14.